The third kappa shape index (κ3) is 2.67. The van der Waals surface area contributed by atoms with E-state index in [1.807, 2.05) is 21.0 Å². The lowest BCUT2D eigenvalue weighted by molar-refractivity contribution is 0.131. The number of hydrogen-bond donors (Lipinski definition) is 1. The van der Waals surface area contributed by atoms with Gasteiger partial charge in [-0.1, -0.05) is 13.0 Å². The quantitative estimate of drug-likeness (QED) is 0.874. The summed E-state index contributed by atoms with van der Waals surface area (Å²) in [5.41, 5.74) is 8.11. The SMILES string of the molecule is CCC(C)(C(N)c1cc(F)ccc1C)N(C)C. The van der Waals surface area contributed by atoms with E-state index in [2.05, 4.69) is 18.7 Å². The number of likely N-dealkylation sites (N-methyl/N-ethyl adjacent to an activating group) is 1. The van der Waals surface area contributed by atoms with Crippen LogP contribution in [0.25, 0.3) is 0 Å². The van der Waals surface area contributed by atoms with Crippen molar-refractivity contribution in [2.45, 2.75) is 38.8 Å². The molecule has 1 rings (SSSR count). The lowest BCUT2D eigenvalue weighted by Crippen LogP contribution is -2.49. The Kier molecular flexibility index (Phi) is 4.28. The summed E-state index contributed by atoms with van der Waals surface area (Å²) in [5, 5.41) is 0. The van der Waals surface area contributed by atoms with Crippen LogP contribution in [-0.4, -0.2) is 24.5 Å². The number of halogens is 1. The van der Waals surface area contributed by atoms with Crippen LogP contribution in [0, 0.1) is 12.7 Å². The molecule has 1 aromatic rings. The van der Waals surface area contributed by atoms with Crippen molar-refractivity contribution in [3.8, 4) is 0 Å². The second-order valence-electron chi connectivity index (χ2n) is 5.08. The Morgan fingerprint density at radius 2 is 2.00 bits per heavy atom. The Bertz CT molecular complexity index is 390. The molecule has 0 bridgehead atoms. The molecule has 0 aromatic heterocycles. The molecule has 0 aliphatic heterocycles. The Balaban J connectivity index is 3.18. The van der Waals surface area contributed by atoms with E-state index in [4.69, 9.17) is 5.73 Å². The van der Waals surface area contributed by atoms with Gasteiger partial charge in [0.25, 0.3) is 0 Å². The Morgan fingerprint density at radius 3 is 2.47 bits per heavy atom. The molecule has 0 spiro atoms. The van der Waals surface area contributed by atoms with Crippen LogP contribution in [0.4, 0.5) is 4.39 Å². The molecule has 2 N–H and O–H groups in total. The van der Waals surface area contributed by atoms with Crippen LogP contribution >= 0.6 is 0 Å². The number of nitrogens with zero attached hydrogens (tertiary/aromatic N) is 1. The highest BCUT2D eigenvalue weighted by Crippen LogP contribution is 2.32. The molecular formula is C14H23FN2. The zero-order valence-corrected chi connectivity index (χ0v) is 11.4. The molecule has 0 amide bonds. The molecule has 0 aliphatic carbocycles. The van der Waals surface area contributed by atoms with Crippen molar-refractivity contribution < 1.29 is 4.39 Å². The van der Waals surface area contributed by atoms with Crippen LogP contribution in [0.2, 0.25) is 0 Å². The third-order valence-corrected chi connectivity index (χ3v) is 3.98. The molecule has 0 aliphatic rings. The van der Waals surface area contributed by atoms with Gasteiger partial charge < -0.3 is 10.6 Å². The van der Waals surface area contributed by atoms with Gasteiger partial charge >= 0.3 is 0 Å². The number of nitrogens with two attached hydrogens (primary N) is 1. The zero-order chi connectivity index (χ0) is 13.2. The molecule has 17 heavy (non-hydrogen) atoms. The molecule has 96 valence electrons. The van der Waals surface area contributed by atoms with E-state index >= 15 is 0 Å². The van der Waals surface area contributed by atoms with Gasteiger partial charge in [0.2, 0.25) is 0 Å². The minimum atomic E-state index is -0.224. The van der Waals surface area contributed by atoms with Crippen molar-refractivity contribution in [1.29, 1.82) is 0 Å². The van der Waals surface area contributed by atoms with Gasteiger partial charge in [0, 0.05) is 11.6 Å². The monoisotopic (exact) mass is 238 g/mol. The number of hydrogen-bond acceptors (Lipinski definition) is 2. The van der Waals surface area contributed by atoms with E-state index in [1.54, 1.807) is 12.1 Å². The van der Waals surface area contributed by atoms with E-state index < -0.39 is 0 Å². The Morgan fingerprint density at radius 1 is 1.41 bits per heavy atom. The summed E-state index contributed by atoms with van der Waals surface area (Å²) in [7, 11) is 4.02. The first-order valence-corrected chi connectivity index (χ1v) is 6.02. The number of aryl methyl sites for hydroxylation is 1. The molecule has 0 saturated carbocycles. The molecule has 1 aromatic carbocycles. The molecule has 0 fully saturated rings. The predicted molar refractivity (Wildman–Crippen MR) is 70.4 cm³/mol. The van der Waals surface area contributed by atoms with Crippen LogP contribution in [-0.2, 0) is 0 Å². The van der Waals surface area contributed by atoms with Crippen LogP contribution in [0.1, 0.15) is 37.4 Å². The maximum Gasteiger partial charge on any atom is 0.123 e. The summed E-state index contributed by atoms with van der Waals surface area (Å²) in [5.74, 6) is -0.224. The third-order valence-electron chi connectivity index (χ3n) is 3.98. The van der Waals surface area contributed by atoms with Crippen molar-refractivity contribution in [1.82, 2.24) is 4.90 Å². The first kappa shape index (κ1) is 14.1. The minimum Gasteiger partial charge on any atom is -0.322 e. The molecule has 2 nitrogen and oxygen atoms in total. The first-order valence-electron chi connectivity index (χ1n) is 6.02. The van der Waals surface area contributed by atoms with Gasteiger partial charge in [0.15, 0.2) is 0 Å². The van der Waals surface area contributed by atoms with Gasteiger partial charge in [0.1, 0.15) is 5.82 Å². The lowest BCUT2D eigenvalue weighted by atomic mass is 9.82. The van der Waals surface area contributed by atoms with E-state index in [0.29, 0.717) is 0 Å². The molecule has 0 heterocycles. The maximum absolute atomic E-state index is 13.3. The first-order chi connectivity index (χ1) is 7.82. The van der Waals surface area contributed by atoms with E-state index in [9.17, 15) is 4.39 Å². The fourth-order valence-electron chi connectivity index (χ4n) is 2.10. The highest BCUT2D eigenvalue weighted by atomic mass is 19.1. The van der Waals surface area contributed by atoms with Gasteiger partial charge in [-0.15, -0.1) is 0 Å². The highest BCUT2D eigenvalue weighted by molar-refractivity contribution is 5.31. The predicted octanol–water partition coefficient (Wildman–Crippen LogP) is 2.86. The van der Waals surface area contributed by atoms with Gasteiger partial charge in [-0.2, -0.15) is 0 Å². The second-order valence-corrected chi connectivity index (χ2v) is 5.08. The van der Waals surface area contributed by atoms with Crippen molar-refractivity contribution in [2.24, 2.45) is 5.73 Å². The zero-order valence-electron chi connectivity index (χ0n) is 11.4. The van der Waals surface area contributed by atoms with E-state index in [0.717, 1.165) is 17.5 Å². The summed E-state index contributed by atoms with van der Waals surface area (Å²) in [6.07, 6.45) is 0.914. The fourth-order valence-corrected chi connectivity index (χ4v) is 2.10. The molecule has 2 unspecified atom stereocenters. The van der Waals surface area contributed by atoms with Gasteiger partial charge in [-0.25, -0.2) is 4.39 Å². The smallest absolute Gasteiger partial charge is 0.123 e. The topological polar surface area (TPSA) is 29.3 Å². The number of rotatable bonds is 4. The van der Waals surface area contributed by atoms with Crippen LogP contribution in [0.3, 0.4) is 0 Å². The van der Waals surface area contributed by atoms with Crippen molar-refractivity contribution >= 4 is 0 Å². The van der Waals surface area contributed by atoms with Crippen LogP contribution in [0.15, 0.2) is 18.2 Å². The summed E-state index contributed by atoms with van der Waals surface area (Å²) in [6, 6.07) is 4.62. The minimum absolute atomic E-state index is 0.168. The van der Waals surface area contributed by atoms with E-state index in [-0.39, 0.29) is 17.4 Å². The second kappa shape index (κ2) is 5.15. The van der Waals surface area contributed by atoms with Crippen LogP contribution in [0.5, 0.6) is 0 Å². The standard InChI is InChI=1S/C14H23FN2/c1-6-14(3,17(4)5)13(16)12-9-11(15)8-7-10(12)2/h7-9,13H,6,16H2,1-5H3. The lowest BCUT2D eigenvalue weighted by Gasteiger charge is -2.41. The Hall–Kier alpha value is -0.930. The Labute approximate surface area is 104 Å². The summed E-state index contributed by atoms with van der Waals surface area (Å²) < 4.78 is 13.3. The van der Waals surface area contributed by atoms with Crippen molar-refractivity contribution in [3.05, 3.63) is 35.1 Å². The highest BCUT2D eigenvalue weighted by Gasteiger charge is 2.34. The fraction of sp³-hybridized carbons (Fsp3) is 0.571. The number of benzene rings is 1. The summed E-state index contributed by atoms with van der Waals surface area (Å²) in [4.78, 5) is 2.11. The van der Waals surface area contributed by atoms with Gasteiger partial charge in [-0.05, 0) is 57.6 Å². The van der Waals surface area contributed by atoms with E-state index in [1.165, 1.54) is 6.07 Å². The maximum atomic E-state index is 13.3. The summed E-state index contributed by atoms with van der Waals surface area (Å²) >= 11 is 0. The molecule has 0 saturated heterocycles. The molecule has 2 atom stereocenters. The average molecular weight is 238 g/mol. The van der Waals surface area contributed by atoms with Crippen molar-refractivity contribution in [2.75, 3.05) is 14.1 Å². The van der Waals surface area contributed by atoms with Crippen molar-refractivity contribution in [3.63, 3.8) is 0 Å². The average Bonchev–Trinajstić information content (AvgIpc) is 2.30. The summed E-state index contributed by atoms with van der Waals surface area (Å²) in [6.45, 7) is 6.19. The van der Waals surface area contributed by atoms with Gasteiger partial charge in [-0.3, -0.25) is 0 Å². The van der Waals surface area contributed by atoms with Crippen LogP contribution < -0.4 is 5.73 Å². The largest absolute Gasteiger partial charge is 0.322 e. The van der Waals surface area contributed by atoms with Gasteiger partial charge in [0.05, 0.1) is 0 Å². The normalized spacial score (nSPS) is 16.9. The molecular weight excluding hydrogens is 215 g/mol. The molecule has 3 heteroatoms. The molecule has 0 radical (unpaired) electrons.